The molecule has 0 bridgehead atoms. The predicted octanol–water partition coefficient (Wildman–Crippen LogP) is 1.67. The van der Waals surface area contributed by atoms with Crippen molar-refractivity contribution in [3.63, 3.8) is 0 Å². The first-order valence-corrected chi connectivity index (χ1v) is 10.5. The largest absolute Gasteiger partial charge is 0.363 e. The molecule has 1 spiro atoms. The predicted molar refractivity (Wildman–Crippen MR) is 108 cm³/mol. The van der Waals surface area contributed by atoms with Crippen molar-refractivity contribution in [1.29, 1.82) is 0 Å². The van der Waals surface area contributed by atoms with E-state index < -0.39 is 0 Å². The lowest BCUT2D eigenvalue weighted by Crippen LogP contribution is -2.60. The van der Waals surface area contributed by atoms with Crippen molar-refractivity contribution in [2.24, 2.45) is 5.92 Å². The highest BCUT2D eigenvalue weighted by atomic mass is 16.5. The van der Waals surface area contributed by atoms with E-state index in [-0.39, 0.29) is 35.8 Å². The van der Waals surface area contributed by atoms with Crippen LogP contribution in [-0.2, 0) is 19.1 Å². The van der Waals surface area contributed by atoms with Gasteiger partial charge in [0.1, 0.15) is 6.61 Å². The third-order valence-corrected chi connectivity index (χ3v) is 6.59. The summed E-state index contributed by atoms with van der Waals surface area (Å²) >= 11 is 0. The van der Waals surface area contributed by atoms with Gasteiger partial charge >= 0.3 is 0 Å². The second kappa shape index (κ2) is 8.14. The molecule has 3 aliphatic rings. The van der Waals surface area contributed by atoms with E-state index in [0.717, 1.165) is 31.4 Å². The Morgan fingerprint density at radius 3 is 2.28 bits per heavy atom. The number of piperidine rings is 2. The van der Waals surface area contributed by atoms with Crippen molar-refractivity contribution in [3.05, 3.63) is 30.3 Å². The number of hydrogen-bond donors (Lipinski definition) is 0. The molecule has 4 rings (SSSR count). The highest BCUT2D eigenvalue weighted by molar-refractivity contribution is 5.95. The molecule has 3 aliphatic heterocycles. The summed E-state index contributed by atoms with van der Waals surface area (Å²) in [6.07, 6.45) is 2.96. The molecule has 3 amide bonds. The lowest BCUT2D eigenvalue weighted by Gasteiger charge is -2.47. The summed E-state index contributed by atoms with van der Waals surface area (Å²) < 4.78 is 6.01. The van der Waals surface area contributed by atoms with E-state index in [2.05, 4.69) is 0 Å². The third-order valence-electron chi connectivity index (χ3n) is 6.59. The Bertz CT molecular complexity index is 766. The number of benzene rings is 1. The average Bonchev–Trinajstić information content (AvgIpc) is 2.76. The normalized spacial score (nSPS) is 22.8. The smallest absolute Gasteiger partial charge is 0.253 e. The van der Waals surface area contributed by atoms with E-state index in [1.54, 1.807) is 6.92 Å². The second-order valence-corrected chi connectivity index (χ2v) is 8.39. The van der Waals surface area contributed by atoms with Gasteiger partial charge in [0.2, 0.25) is 11.8 Å². The number of ether oxygens (including phenoxy) is 1. The molecule has 3 saturated heterocycles. The van der Waals surface area contributed by atoms with Gasteiger partial charge in [-0.15, -0.1) is 0 Å². The van der Waals surface area contributed by atoms with Gasteiger partial charge in [0.25, 0.3) is 5.91 Å². The van der Waals surface area contributed by atoms with E-state index in [9.17, 15) is 14.4 Å². The van der Waals surface area contributed by atoms with Crippen LogP contribution in [0.15, 0.2) is 30.3 Å². The summed E-state index contributed by atoms with van der Waals surface area (Å²) in [5, 5.41) is 0. The van der Waals surface area contributed by atoms with E-state index in [0.29, 0.717) is 32.7 Å². The first kappa shape index (κ1) is 19.9. The summed E-state index contributed by atoms with van der Waals surface area (Å²) in [6, 6.07) is 9.70. The van der Waals surface area contributed by atoms with E-state index in [4.69, 9.17) is 4.74 Å². The Hall–Kier alpha value is -2.41. The van der Waals surface area contributed by atoms with Crippen LogP contribution in [0.5, 0.6) is 0 Å². The SMILES string of the molecule is CC(=O)N1CCC(C(=O)N2CCC3(CC2)CN(c2ccccc2)C(=O)CO3)CC1. The highest BCUT2D eigenvalue weighted by Gasteiger charge is 2.44. The number of amides is 3. The molecule has 0 unspecified atom stereocenters. The van der Waals surface area contributed by atoms with Crippen LogP contribution in [0.3, 0.4) is 0 Å². The van der Waals surface area contributed by atoms with Crippen LogP contribution >= 0.6 is 0 Å². The lowest BCUT2D eigenvalue weighted by molar-refractivity contribution is -0.153. The van der Waals surface area contributed by atoms with Gasteiger partial charge in [0, 0.05) is 44.7 Å². The number of carbonyl (C=O) groups excluding carboxylic acids is 3. The average molecular weight is 399 g/mol. The Kier molecular flexibility index (Phi) is 5.58. The van der Waals surface area contributed by atoms with E-state index in [1.807, 2.05) is 45.0 Å². The molecule has 0 radical (unpaired) electrons. The molecule has 0 aromatic heterocycles. The van der Waals surface area contributed by atoms with Gasteiger partial charge in [-0.1, -0.05) is 18.2 Å². The maximum absolute atomic E-state index is 13.0. The summed E-state index contributed by atoms with van der Waals surface area (Å²) in [5.74, 6) is 0.282. The standard InChI is InChI=1S/C22H29N3O4/c1-17(26)23-11-7-18(8-12-23)21(28)24-13-9-22(10-14-24)16-25(20(27)15-29-22)19-5-3-2-4-6-19/h2-6,18H,7-16H2,1H3. The summed E-state index contributed by atoms with van der Waals surface area (Å²) in [6.45, 7) is 4.85. The van der Waals surface area contributed by atoms with Crippen LogP contribution < -0.4 is 4.90 Å². The van der Waals surface area contributed by atoms with Crippen LogP contribution in [-0.4, -0.2) is 72.5 Å². The molecule has 0 N–H and O–H groups in total. The third kappa shape index (κ3) is 4.15. The molecule has 1 aromatic rings. The van der Waals surface area contributed by atoms with Gasteiger partial charge in [-0.3, -0.25) is 14.4 Å². The lowest BCUT2D eigenvalue weighted by atomic mass is 9.87. The maximum atomic E-state index is 13.0. The van der Waals surface area contributed by atoms with Crippen LogP contribution in [0.2, 0.25) is 0 Å². The monoisotopic (exact) mass is 399 g/mol. The maximum Gasteiger partial charge on any atom is 0.253 e. The zero-order valence-electron chi connectivity index (χ0n) is 17.0. The molecule has 7 nitrogen and oxygen atoms in total. The van der Waals surface area contributed by atoms with Gasteiger partial charge in [-0.25, -0.2) is 0 Å². The second-order valence-electron chi connectivity index (χ2n) is 8.39. The summed E-state index contributed by atoms with van der Waals surface area (Å²) in [4.78, 5) is 42.4. The van der Waals surface area contributed by atoms with Gasteiger partial charge in [0.15, 0.2) is 0 Å². The molecule has 1 aromatic carbocycles. The number of carbonyl (C=O) groups is 3. The van der Waals surface area contributed by atoms with Crippen molar-refractivity contribution >= 4 is 23.4 Å². The minimum absolute atomic E-state index is 0.00863. The fraction of sp³-hybridized carbons (Fsp3) is 0.591. The van der Waals surface area contributed by atoms with Gasteiger partial charge < -0.3 is 19.4 Å². The number of morpholine rings is 1. The molecular formula is C22H29N3O4. The Labute approximate surface area is 171 Å². The van der Waals surface area contributed by atoms with Crippen molar-refractivity contribution in [2.45, 2.75) is 38.2 Å². The topological polar surface area (TPSA) is 70.2 Å². The number of nitrogens with zero attached hydrogens (tertiary/aromatic N) is 3. The Morgan fingerprint density at radius 2 is 1.66 bits per heavy atom. The number of hydrogen-bond acceptors (Lipinski definition) is 4. The Balaban J connectivity index is 1.34. The fourth-order valence-electron chi connectivity index (χ4n) is 4.69. The molecule has 156 valence electrons. The minimum atomic E-state index is -0.376. The summed E-state index contributed by atoms with van der Waals surface area (Å²) in [5.41, 5.74) is 0.523. The molecule has 0 saturated carbocycles. The molecule has 3 heterocycles. The van der Waals surface area contributed by atoms with E-state index in [1.165, 1.54) is 0 Å². The van der Waals surface area contributed by atoms with Crippen LogP contribution in [0.1, 0.15) is 32.6 Å². The van der Waals surface area contributed by atoms with Crippen LogP contribution in [0, 0.1) is 5.92 Å². The van der Waals surface area contributed by atoms with Gasteiger partial charge in [0.05, 0.1) is 12.1 Å². The molecule has 29 heavy (non-hydrogen) atoms. The molecule has 0 aliphatic carbocycles. The minimum Gasteiger partial charge on any atom is -0.363 e. The van der Waals surface area contributed by atoms with E-state index >= 15 is 0 Å². The van der Waals surface area contributed by atoms with Crippen molar-refractivity contribution < 1.29 is 19.1 Å². The number of anilines is 1. The van der Waals surface area contributed by atoms with Crippen LogP contribution in [0.4, 0.5) is 5.69 Å². The first-order valence-electron chi connectivity index (χ1n) is 10.5. The molecule has 7 heteroatoms. The van der Waals surface area contributed by atoms with Gasteiger partial charge in [-0.2, -0.15) is 0 Å². The van der Waals surface area contributed by atoms with Crippen LogP contribution in [0.25, 0.3) is 0 Å². The van der Waals surface area contributed by atoms with Crippen molar-refractivity contribution in [2.75, 3.05) is 44.2 Å². The quantitative estimate of drug-likeness (QED) is 0.759. The zero-order valence-corrected chi connectivity index (χ0v) is 17.0. The Morgan fingerprint density at radius 1 is 1.00 bits per heavy atom. The van der Waals surface area contributed by atoms with Gasteiger partial charge in [-0.05, 0) is 37.8 Å². The number of rotatable bonds is 2. The number of likely N-dealkylation sites (tertiary alicyclic amines) is 2. The summed E-state index contributed by atoms with van der Waals surface area (Å²) in [7, 11) is 0. The molecule has 3 fully saturated rings. The van der Waals surface area contributed by atoms with Crippen molar-refractivity contribution in [1.82, 2.24) is 9.80 Å². The number of para-hydroxylation sites is 1. The molecular weight excluding hydrogens is 370 g/mol. The molecule has 0 atom stereocenters. The first-order chi connectivity index (χ1) is 14.0. The highest BCUT2D eigenvalue weighted by Crippen LogP contribution is 2.33. The zero-order chi connectivity index (χ0) is 20.4. The van der Waals surface area contributed by atoms with Crippen molar-refractivity contribution in [3.8, 4) is 0 Å². The fourth-order valence-corrected chi connectivity index (χ4v) is 4.69.